The number of hydrogen-bond donors (Lipinski definition) is 1. The molecule has 0 unspecified atom stereocenters. The lowest BCUT2D eigenvalue weighted by Gasteiger charge is -2.23. The van der Waals surface area contributed by atoms with Crippen LogP contribution in [0.4, 0.5) is 16.0 Å². The Morgan fingerprint density at radius 3 is 2.64 bits per heavy atom. The number of nitrogens with one attached hydrogen (secondary N) is 1. The Labute approximate surface area is 190 Å². The van der Waals surface area contributed by atoms with Crippen molar-refractivity contribution in [2.45, 2.75) is 38.1 Å². The third-order valence-corrected chi connectivity index (χ3v) is 5.96. The Kier molecular flexibility index (Phi) is 4.69. The molecule has 33 heavy (non-hydrogen) atoms. The number of halogens is 1. The second-order valence-corrected chi connectivity index (χ2v) is 8.74. The van der Waals surface area contributed by atoms with E-state index in [-0.39, 0.29) is 24.3 Å². The van der Waals surface area contributed by atoms with Gasteiger partial charge < -0.3 is 24.1 Å². The molecule has 2 aromatic carbocycles. The molecule has 4 heterocycles. The number of aromatic nitrogens is 3. The van der Waals surface area contributed by atoms with Crippen molar-refractivity contribution in [1.82, 2.24) is 14.5 Å². The van der Waals surface area contributed by atoms with Crippen LogP contribution in [0.2, 0.25) is 0 Å². The van der Waals surface area contributed by atoms with Gasteiger partial charge in [-0.3, -0.25) is 0 Å². The van der Waals surface area contributed by atoms with E-state index < -0.39 is 5.79 Å². The topological polar surface area (TPSA) is 70.4 Å². The lowest BCUT2D eigenvalue weighted by Crippen LogP contribution is -2.27. The molecule has 2 aromatic heterocycles. The van der Waals surface area contributed by atoms with Crippen LogP contribution in [0, 0.1) is 5.82 Å². The molecular formula is C25H23FN4O3. The molecule has 0 radical (unpaired) electrons. The maximum atomic E-state index is 13.3. The van der Waals surface area contributed by atoms with E-state index in [0.29, 0.717) is 23.9 Å². The van der Waals surface area contributed by atoms with Crippen LogP contribution in [0.15, 0.2) is 67.0 Å². The molecule has 0 spiro atoms. The number of anilines is 2. The van der Waals surface area contributed by atoms with Crippen molar-refractivity contribution in [2.75, 3.05) is 11.9 Å². The second-order valence-electron chi connectivity index (χ2n) is 8.74. The highest BCUT2D eigenvalue weighted by molar-refractivity contribution is 5.94. The largest absolute Gasteiger partial charge is 0.352 e. The van der Waals surface area contributed by atoms with Crippen LogP contribution < -0.4 is 5.32 Å². The lowest BCUT2D eigenvalue weighted by molar-refractivity contribution is -0.183. The first-order valence-electron chi connectivity index (χ1n) is 10.9. The van der Waals surface area contributed by atoms with E-state index in [1.54, 1.807) is 18.3 Å². The van der Waals surface area contributed by atoms with E-state index in [0.717, 1.165) is 16.5 Å². The number of ether oxygens (including phenoxy) is 3. The van der Waals surface area contributed by atoms with Crippen molar-refractivity contribution in [1.29, 1.82) is 0 Å². The average molecular weight is 446 g/mol. The van der Waals surface area contributed by atoms with Gasteiger partial charge in [0.2, 0.25) is 5.95 Å². The first-order valence-corrected chi connectivity index (χ1v) is 10.9. The van der Waals surface area contributed by atoms with Crippen molar-refractivity contribution in [3.05, 3.63) is 72.8 Å². The highest BCUT2D eigenvalue weighted by atomic mass is 19.1. The summed E-state index contributed by atoms with van der Waals surface area (Å²) in [6.45, 7) is 4.28. The molecule has 8 heteroatoms. The van der Waals surface area contributed by atoms with E-state index in [4.69, 9.17) is 19.2 Å². The Bertz CT molecular complexity index is 1310. The quantitative estimate of drug-likeness (QED) is 0.474. The third-order valence-electron chi connectivity index (χ3n) is 5.96. The van der Waals surface area contributed by atoms with Gasteiger partial charge in [-0.05, 0) is 43.7 Å². The van der Waals surface area contributed by atoms with Gasteiger partial charge in [-0.1, -0.05) is 30.3 Å². The predicted octanol–water partition coefficient (Wildman–Crippen LogP) is 5.03. The van der Waals surface area contributed by atoms with Gasteiger partial charge in [0.05, 0.1) is 6.61 Å². The SMILES string of the molecule is CC1(C)O[C@H]2[C@H](n3cc(-c4ccccc4)c4cnc(Nc5ccc(F)cc5)nc43)OC[C@H]2O1. The van der Waals surface area contributed by atoms with Crippen molar-refractivity contribution < 1.29 is 18.6 Å². The molecule has 0 bridgehead atoms. The van der Waals surface area contributed by atoms with Crippen LogP contribution in [-0.2, 0) is 14.2 Å². The smallest absolute Gasteiger partial charge is 0.229 e. The minimum atomic E-state index is -0.660. The van der Waals surface area contributed by atoms with Crippen LogP contribution in [0.25, 0.3) is 22.2 Å². The van der Waals surface area contributed by atoms with E-state index in [1.807, 2.05) is 42.8 Å². The Morgan fingerprint density at radius 2 is 1.85 bits per heavy atom. The second kappa shape index (κ2) is 7.62. The van der Waals surface area contributed by atoms with Gasteiger partial charge in [0, 0.05) is 29.0 Å². The van der Waals surface area contributed by atoms with E-state index in [9.17, 15) is 4.39 Å². The van der Waals surface area contributed by atoms with Crippen molar-refractivity contribution in [3.63, 3.8) is 0 Å². The number of fused-ring (bicyclic) bond motifs is 2. The summed E-state index contributed by atoms with van der Waals surface area (Å²) < 4.78 is 33.6. The lowest BCUT2D eigenvalue weighted by atomic mass is 10.1. The zero-order valence-corrected chi connectivity index (χ0v) is 18.2. The third kappa shape index (κ3) is 3.66. The van der Waals surface area contributed by atoms with Gasteiger partial charge in [0.1, 0.15) is 23.7 Å². The van der Waals surface area contributed by atoms with Crippen LogP contribution in [0.5, 0.6) is 0 Å². The van der Waals surface area contributed by atoms with Gasteiger partial charge in [0.15, 0.2) is 12.0 Å². The fourth-order valence-corrected chi connectivity index (χ4v) is 4.55. The van der Waals surface area contributed by atoms with Crippen LogP contribution in [0.3, 0.4) is 0 Å². The molecule has 2 aliphatic rings. The highest BCUT2D eigenvalue weighted by Gasteiger charge is 2.51. The Morgan fingerprint density at radius 1 is 1.06 bits per heavy atom. The number of rotatable bonds is 4. The van der Waals surface area contributed by atoms with Crippen LogP contribution in [-0.4, -0.2) is 39.1 Å². The van der Waals surface area contributed by atoms with Crippen LogP contribution in [0.1, 0.15) is 20.1 Å². The predicted molar refractivity (Wildman–Crippen MR) is 121 cm³/mol. The molecule has 0 saturated carbocycles. The van der Waals surface area contributed by atoms with Gasteiger partial charge >= 0.3 is 0 Å². The summed E-state index contributed by atoms with van der Waals surface area (Å²) >= 11 is 0. The number of benzene rings is 2. The Hall–Kier alpha value is -3.33. The molecule has 0 aliphatic carbocycles. The minimum Gasteiger partial charge on any atom is -0.352 e. The highest BCUT2D eigenvalue weighted by Crippen LogP contribution is 2.42. The summed E-state index contributed by atoms with van der Waals surface area (Å²) in [5, 5.41) is 4.05. The summed E-state index contributed by atoms with van der Waals surface area (Å²) in [4.78, 5) is 9.32. The zero-order valence-electron chi connectivity index (χ0n) is 18.2. The number of hydrogen-bond acceptors (Lipinski definition) is 6. The monoisotopic (exact) mass is 446 g/mol. The molecule has 2 saturated heterocycles. The summed E-state index contributed by atoms with van der Waals surface area (Å²) in [7, 11) is 0. The normalized spacial score (nSPS) is 23.7. The van der Waals surface area contributed by atoms with Crippen LogP contribution >= 0.6 is 0 Å². The zero-order chi connectivity index (χ0) is 22.6. The first-order chi connectivity index (χ1) is 16.0. The maximum Gasteiger partial charge on any atom is 0.229 e. The molecule has 3 atom stereocenters. The molecule has 2 aliphatic heterocycles. The summed E-state index contributed by atoms with van der Waals surface area (Å²) in [6, 6.07) is 16.2. The minimum absolute atomic E-state index is 0.138. The van der Waals surface area contributed by atoms with Crippen molar-refractivity contribution >= 4 is 22.7 Å². The summed E-state index contributed by atoms with van der Waals surface area (Å²) in [6.07, 6.45) is 3.07. The van der Waals surface area contributed by atoms with E-state index in [2.05, 4.69) is 22.4 Å². The van der Waals surface area contributed by atoms with E-state index >= 15 is 0 Å². The molecule has 4 aromatic rings. The van der Waals surface area contributed by atoms with Gasteiger partial charge in [-0.25, -0.2) is 9.37 Å². The van der Waals surface area contributed by atoms with Gasteiger partial charge in [-0.15, -0.1) is 0 Å². The maximum absolute atomic E-state index is 13.3. The average Bonchev–Trinajstić information content (AvgIpc) is 3.45. The number of nitrogens with zero attached hydrogens (tertiary/aromatic N) is 3. The van der Waals surface area contributed by atoms with Gasteiger partial charge in [-0.2, -0.15) is 4.98 Å². The molecular weight excluding hydrogens is 423 g/mol. The Balaban J connectivity index is 1.45. The standard InChI is InChI=1S/C25H23FN4O3/c1-25(2)32-20-14-31-23(21(20)33-25)30-13-19(15-6-4-3-5-7-15)18-12-27-24(29-22(18)30)28-17-10-8-16(26)9-11-17/h3-13,20-21,23H,14H2,1-2H3,(H,27,28,29)/t20-,21-,23-/m1/s1. The van der Waals surface area contributed by atoms with Gasteiger partial charge in [0.25, 0.3) is 0 Å². The molecule has 6 rings (SSSR count). The molecule has 2 fully saturated rings. The fraction of sp³-hybridized carbons (Fsp3) is 0.280. The first kappa shape index (κ1) is 20.3. The fourth-order valence-electron chi connectivity index (χ4n) is 4.55. The molecule has 168 valence electrons. The van der Waals surface area contributed by atoms with Crippen molar-refractivity contribution in [2.24, 2.45) is 0 Å². The molecule has 0 amide bonds. The summed E-state index contributed by atoms with van der Waals surface area (Å²) in [5.74, 6) is -0.549. The molecule has 7 nitrogen and oxygen atoms in total. The van der Waals surface area contributed by atoms with E-state index in [1.165, 1.54) is 12.1 Å². The summed E-state index contributed by atoms with van der Waals surface area (Å²) in [5.41, 5.74) is 3.47. The molecule has 1 N–H and O–H groups in total. The van der Waals surface area contributed by atoms with Crippen molar-refractivity contribution in [3.8, 4) is 11.1 Å².